The van der Waals surface area contributed by atoms with E-state index in [4.69, 9.17) is 9.26 Å². The third-order valence-corrected chi connectivity index (χ3v) is 3.82. The molecule has 1 aromatic carbocycles. The lowest BCUT2D eigenvalue weighted by atomic mass is 9.90. The number of nitrogens with zero attached hydrogens (tertiary/aromatic N) is 1. The highest BCUT2D eigenvalue weighted by molar-refractivity contribution is 5.99. The van der Waals surface area contributed by atoms with Crippen LogP contribution in [0.2, 0.25) is 0 Å². The predicted molar refractivity (Wildman–Crippen MR) is 74.0 cm³/mol. The van der Waals surface area contributed by atoms with Crippen LogP contribution in [0.5, 0.6) is 5.75 Å². The standard InChI is InChI=1S/C16H17NO3/c1-10-14(11(2)20-17-10)9-19-16-8-4-5-12-13(16)6-3-7-15(12)18/h4-5,8H,3,6-7,9H2,1-2H3. The van der Waals surface area contributed by atoms with Gasteiger partial charge < -0.3 is 9.26 Å². The van der Waals surface area contributed by atoms with Crippen molar-refractivity contribution in [1.82, 2.24) is 5.16 Å². The van der Waals surface area contributed by atoms with Crippen LogP contribution in [0.15, 0.2) is 22.7 Å². The maximum atomic E-state index is 11.9. The van der Waals surface area contributed by atoms with Gasteiger partial charge in [-0.25, -0.2) is 0 Å². The summed E-state index contributed by atoms with van der Waals surface area (Å²) in [5.74, 6) is 1.80. The average molecular weight is 271 g/mol. The Bertz CT molecular complexity index is 638. The first-order chi connectivity index (χ1) is 9.66. The summed E-state index contributed by atoms with van der Waals surface area (Å²) in [6, 6.07) is 5.69. The van der Waals surface area contributed by atoms with Gasteiger partial charge in [0.05, 0.1) is 11.3 Å². The van der Waals surface area contributed by atoms with E-state index < -0.39 is 0 Å². The number of ketones is 1. The van der Waals surface area contributed by atoms with Crippen molar-refractivity contribution < 1.29 is 14.1 Å². The molecule has 1 aliphatic carbocycles. The average Bonchev–Trinajstić information content (AvgIpc) is 2.76. The zero-order chi connectivity index (χ0) is 14.1. The molecule has 1 aromatic heterocycles. The van der Waals surface area contributed by atoms with E-state index in [0.29, 0.717) is 13.0 Å². The van der Waals surface area contributed by atoms with Crippen LogP contribution in [0.4, 0.5) is 0 Å². The summed E-state index contributed by atoms with van der Waals surface area (Å²) in [4.78, 5) is 11.9. The summed E-state index contributed by atoms with van der Waals surface area (Å²) in [5, 5.41) is 3.92. The van der Waals surface area contributed by atoms with Crippen LogP contribution in [0.3, 0.4) is 0 Å². The minimum Gasteiger partial charge on any atom is -0.488 e. The summed E-state index contributed by atoms with van der Waals surface area (Å²) in [7, 11) is 0. The summed E-state index contributed by atoms with van der Waals surface area (Å²) in [6.45, 7) is 4.20. The summed E-state index contributed by atoms with van der Waals surface area (Å²) in [6.07, 6.45) is 2.44. The van der Waals surface area contributed by atoms with Crippen molar-refractivity contribution in [3.63, 3.8) is 0 Å². The summed E-state index contributed by atoms with van der Waals surface area (Å²) >= 11 is 0. The minimum atomic E-state index is 0.217. The Morgan fingerprint density at radius 2 is 2.15 bits per heavy atom. The number of aromatic nitrogens is 1. The number of fused-ring (bicyclic) bond motifs is 1. The van der Waals surface area contributed by atoms with E-state index in [1.807, 2.05) is 32.0 Å². The second kappa shape index (κ2) is 5.12. The van der Waals surface area contributed by atoms with Crippen molar-refractivity contribution in [3.05, 3.63) is 46.3 Å². The number of aryl methyl sites for hydroxylation is 2. The first kappa shape index (κ1) is 12.9. The van der Waals surface area contributed by atoms with Gasteiger partial charge in [-0.15, -0.1) is 0 Å². The quantitative estimate of drug-likeness (QED) is 0.858. The molecule has 4 heteroatoms. The number of ether oxygens (including phenoxy) is 1. The molecule has 0 spiro atoms. The number of carbonyl (C=O) groups is 1. The molecular formula is C16H17NO3. The topological polar surface area (TPSA) is 52.3 Å². The van der Waals surface area contributed by atoms with Crippen molar-refractivity contribution in [3.8, 4) is 5.75 Å². The molecular weight excluding hydrogens is 254 g/mol. The molecule has 1 heterocycles. The van der Waals surface area contributed by atoms with Gasteiger partial charge in [0.2, 0.25) is 0 Å². The Morgan fingerprint density at radius 1 is 1.30 bits per heavy atom. The Balaban J connectivity index is 1.85. The Labute approximate surface area is 117 Å². The fourth-order valence-electron chi connectivity index (χ4n) is 2.64. The SMILES string of the molecule is Cc1noc(C)c1COc1cccc2c1CCCC2=O. The van der Waals surface area contributed by atoms with Crippen LogP contribution >= 0.6 is 0 Å². The first-order valence-corrected chi connectivity index (χ1v) is 6.86. The molecule has 0 radical (unpaired) electrons. The zero-order valence-electron chi connectivity index (χ0n) is 11.7. The first-order valence-electron chi connectivity index (χ1n) is 6.86. The van der Waals surface area contributed by atoms with Crippen molar-refractivity contribution in [2.75, 3.05) is 0 Å². The monoisotopic (exact) mass is 271 g/mol. The third kappa shape index (κ3) is 2.22. The molecule has 1 aliphatic rings. The molecule has 0 amide bonds. The highest BCUT2D eigenvalue weighted by Gasteiger charge is 2.20. The molecule has 0 bridgehead atoms. The number of benzene rings is 1. The van der Waals surface area contributed by atoms with Gasteiger partial charge in [-0.1, -0.05) is 17.3 Å². The van der Waals surface area contributed by atoms with Crippen LogP contribution in [0.1, 0.15) is 45.8 Å². The molecule has 0 aliphatic heterocycles. The lowest BCUT2D eigenvalue weighted by Gasteiger charge is -2.18. The fourth-order valence-corrected chi connectivity index (χ4v) is 2.64. The second-order valence-electron chi connectivity index (χ2n) is 5.15. The van der Waals surface area contributed by atoms with E-state index in [2.05, 4.69) is 5.16 Å². The molecule has 20 heavy (non-hydrogen) atoms. The number of carbonyl (C=O) groups excluding carboxylic acids is 1. The Kier molecular flexibility index (Phi) is 3.30. The van der Waals surface area contributed by atoms with E-state index in [1.54, 1.807) is 0 Å². The van der Waals surface area contributed by atoms with Crippen molar-refractivity contribution in [2.45, 2.75) is 39.7 Å². The zero-order valence-corrected chi connectivity index (χ0v) is 11.7. The lowest BCUT2D eigenvalue weighted by molar-refractivity contribution is 0.0971. The van der Waals surface area contributed by atoms with Gasteiger partial charge in [0.25, 0.3) is 0 Å². The molecule has 4 nitrogen and oxygen atoms in total. The number of hydrogen-bond acceptors (Lipinski definition) is 4. The molecule has 0 unspecified atom stereocenters. The van der Waals surface area contributed by atoms with Crippen molar-refractivity contribution in [1.29, 1.82) is 0 Å². The molecule has 2 aromatic rings. The second-order valence-corrected chi connectivity index (χ2v) is 5.15. The van der Waals surface area contributed by atoms with Crippen LogP contribution in [0.25, 0.3) is 0 Å². The predicted octanol–water partition coefficient (Wildman–Crippen LogP) is 3.39. The van der Waals surface area contributed by atoms with E-state index in [0.717, 1.165) is 46.7 Å². The van der Waals surface area contributed by atoms with E-state index >= 15 is 0 Å². The molecule has 0 saturated heterocycles. The van der Waals surface area contributed by atoms with Gasteiger partial charge in [0.1, 0.15) is 18.1 Å². The van der Waals surface area contributed by atoms with Crippen LogP contribution in [-0.4, -0.2) is 10.9 Å². The van der Waals surface area contributed by atoms with Crippen LogP contribution in [0, 0.1) is 13.8 Å². The molecule has 0 N–H and O–H groups in total. The van der Waals surface area contributed by atoms with Gasteiger partial charge >= 0.3 is 0 Å². The van der Waals surface area contributed by atoms with Crippen molar-refractivity contribution in [2.24, 2.45) is 0 Å². The number of Topliss-reactive ketones (excluding diaryl/α,β-unsaturated/α-hetero) is 1. The number of rotatable bonds is 3. The molecule has 104 valence electrons. The molecule has 0 fully saturated rings. The lowest BCUT2D eigenvalue weighted by Crippen LogP contribution is -2.12. The smallest absolute Gasteiger partial charge is 0.163 e. The van der Waals surface area contributed by atoms with Gasteiger partial charge in [0, 0.05) is 17.5 Å². The maximum Gasteiger partial charge on any atom is 0.163 e. The van der Waals surface area contributed by atoms with Crippen molar-refractivity contribution >= 4 is 5.78 Å². The van der Waals surface area contributed by atoms with Gasteiger partial charge in [-0.3, -0.25) is 4.79 Å². The molecule has 0 saturated carbocycles. The normalized spacial score (nSPS) is 14.2. The molecule has 0 atom stereocenters. The molecule has 3 rings (SSSR count). The summed E-state index contributed by atoms with van der Waals surface area (Å²) in [5.41, 5.74) is 3.68. The van der Waals surface area contributed by atoms with E-state index in [-0.39, 0.29) is 5.78 Å². The van der Waals surface area contributed by atoms with Gasteiger partial charge in [0.15, 0.2) is 5.78 Å². The summed E-state index contributed by atoms with van der Waals surface area (Å²) < 4.78 is 11.0. The third-order valence-electron chi connectivity index (χ3n) is 3.82. The Morgan fingerprint density at radius 3 is 2.90 bits per heavy atom. The largest absolute Gasteiger partial charge is 0.488 e. The number of hydrogen-bond donors (Lipinski definition) is 0. The van der Waals surface area contributed by atoms with E-state index in [9.17, 15) is 4.79 Å². The van der Waals surface area contributed by atoms with Crippen LogP contribution < -0.4 is 4.74 Å². The van der Waals surface area contributed by atoms with E-state index in [1.165, 1.54) is 0 Å². The van der Waals surface area contributed by atoms with Gasteiger partial charge in [-0.2, -0.15) is 0 Å². The van der Waals surface area contributed by atoms with Gasteiger partial charge in [-0.05, 0) is 32.8 Å². The maximum absolute atomic E-state index is 11.9. The Hall–Kier alpha value is -2.10. The highest BCUT2D eigenvalue weighted by atomic mass is 16.5. The highest BCUT2D eigenvalue weighted by Crippen LogP contribution is 2.30. The minimum absolute atomic E-state index is 0.217. The van der Waals surface area contributed by atoms with Crippen LogP contribution in [-0.2, 0) is 13.0 Å². The fraction of sp³-hybridized carbons (Fsp3) is 0.375.